The molecule has 4 nitrogen and oxygen atoms in total. The number of rotatable bonds is 3. The molecule has 2 N–H and O–H groups in total. The predicted octanol–water partition coefficient (Wildman–Crippen LogP) is 0.358. The Morgan fingerprint density at radius 3 is 2.80 bits per heavy atom. The lowest BCUT2D eigenvalue weighted by Crippen LogP contribution is -2.52. The van der Waals surface area contributed by atoms with Crippen molar-refractivity contribution in [2.24, 2.45) is 0 Å². The van der Waals surface area contributed by atoms with E-state index < -0.39 is 5.60 Å². The Labute approximate surface area is 91.6 Å². The number of carbonyl (C=O) groups excluding carboxylic acids is 1. The van der Waals surface area contributed by atoms with E-state index in [4.69, 9.17) is 0 Å². The van der Waals surface area contributed by atoms with Gasteiger partial charge >= 0.3 is 0 Å². The molecule has 1 saturated heterocycles. The van der Waals surface area contributed by atoms with Crippen molar-refractivity contribution in [2.45, 2.75) is 45.3 Å². The van der Waals surface area contributed by atoms with Gasteiger partial charge in [0.15, 0.2) is 0 Å². The first-order valence-corrected chi connectivity index (χ1v) is 5.69. The Kier molecular flexibility index (Phi) is 4.11. The molecule has 0 aliphatic carbocycles. The molecule has 1 rings (SSSR count). The van der Waals surface area contributed by atoms with Crippen LogP contribution in [0.5, 0.6) is 0 Å². The first-order valence-electron chi connectivity index (χ1n) is 5.69. The highest BCUT2D eigenvalue weighted by atomic mass is 16.3. The Morgan fingerprint density at radius 1 is 1.60 bits per heavy atom. The third-order valence-electron chi connectivity index (χ3n) is 2.84. The molecular weight excluding hydrogens is 192 g/mol. The van der Waals surface area contributed by atoms with E-state index in [1.807, 2.05) is 0 Å². The van der Waals surface area contributed by atoms with E-state index in [9.17, 15) is 9.90 Å². The van der Waals surface area contributed by atoms with Gasteiger partial charge in [-0.25, -0.2) is 0 Å². The van der Waals surface area contributed by atoms with Gasteiger partial charge in [0.2, 0.25) is 0 Å². The molecule has 15 heavy (non-hydrogen) atoms. The summed E-state index contributed by atoms with van der Waals surface area (Å²) < 4.78 is 0. The van der Waals surface area contributed by atoms with Crippen molar-refractivity contribution in [3.63, 3.8) is 0 Å². The second-order valence-corrected chi connectivity index (χ2v) is 4.76. The lowest BCUT2D eigenvalue weighted by Gasteiger charge is -2.33. The zero-order chi connectivity index (χ0) is 11.5. The van der Waals surface area contributed by atoms with Crippen LogP contribution in [-0.4, -0.2) is 47.2 Å². The van der Waals surface area contributed by atoms with E-state index in [-0.39, 0.29) is 11.9 Å². The van der Waals surface area contributed by atoms with Gasteiger partial charge in [-0.1, -0.05) is 6.92 Å². The minimum absolute atomic E-state index is 0.192. The van der Waals surface area contributed by atoms with Gasteiger partial charge in [0.1, 0.15) is 5.60 Å². The standard InChI is InChI=1S/C11H22N2O2/c1-4-13-7-5-6-9(8-13)12-10(14)11(2,3)15/h9,15H,4-8H2,1-3H3,(H,12,14). The molecule has 0 saturated carbocycles. The number of likely N-dealkylation sites (N-methyl/N-ethyl adjacent to an activating group) is 1. The maximum Gasteiger partial charge on any atom is 0.251 e. The summed E-state index contributed by atoms with van der Waals surface area (Å²) in [6.45, 7) is 8.20. The van der Waals surface area contributed by atoms with E-state index in [1.54, 1.807) is 0 Å². The van der Waals surface area contributed by atoms with Crippen molar-refractivity contribution >= 4 is 5.91 Å². The fourth-order valence-corrected chi connectivity index (χ4v) is 1.82. The first-order chi connectivity index (χ1) is 6.93. The van der Waals surface area contributed by atoms with Crippen LogP contribution in [-0.2, 0) is 4.79 Å². The molecule has 1 unspecified atom stereocenters. The number of aliphatic hydroxyl groups is 1. The highest BCUT2D eigenvalue weighted by Gasteiger charge is 2.27. The molecule has 0 aromatic carbocycles. The Hall–Kier alpha value is -0.610. The summed E-state index contributed by atoms with van der Waals surface area (Å²) in [5.74, 6) is -0.273. The molecule has 1 atom stereocenters. The van der Waals surface area contributed by atoms with E-state index in [0.29, 0.717) is 0 Å². The molecule has 0 aromatic rings. The van der Waals surface area contributed by atoms with Gasteiger partial charge < -0.3 is 15.3 Å². The number of nitrogens with one attached hydrogen (secondary N) is 1. The third kappa shape index (κ3) is 3.80. The van der Waals surface area contributed by atoms with Crippen molar-refractivity contribution < 1.29 is 9.90 Å². The number of piperidine rings is 1. The molecule has 0 aromatic heterocycles. The zero-order valence-electron chi connectivity index (χ0n) is 9.92. The van der Waals surface area contributed by atoms with Gasteiger partial charge in [0, 0.05) is 12.6 Å². The predicted molar refractivity (Wildman–Crippen MR) is 59.6 cm³/mol. The van der Waals surface area contributed by atoms with Crippen LogP contribution in [0.4, 0.5) is 0 Å². The van der Waals surface area contributed by atoms with Crippen LogP contribution in [0.15, 0.2) is 0 Å². The van der Waals surface area contributed by atoms with E-state index in [0.717, 1.165) is 32.5 Å². The molecular formula is C11H22N2O2. The maximum absolute atomic E-state index is 11.5. The number of likely N-dealkylation sites (tertiary alicyclic amines) is 1. The van der Waals surface area contributed by atoms with Crippen LogP contribution in [0.3, 0.4) is 0 Å². The van der Waals surface area contributed by atoms with Crippen molar-refractivity contribution in [2.75, 3.05) is 19.6 Å². The number of hydrogen-bond acceptors (Lipinski definition) is 3. The fourth-order valence-electron chi connectivity index (χ4n) is 1.82. The summed E-state index contributed by atoms with van der Waals surface area (Å²) in [5, 5.41) is 12.4. The van der Waals surface area contributed by atoms with Gasteiger partial charge in [-0.05, 0) is 39.8 Å². The topological polar surface area (TPSA) is 52.6 Å². The molecule has 0 bridgehead atoms. The van der Waals surface area contributed by atoms with Gasteiger partial charge in [-0.15, -0.1) is 0 Å². The Balaban J connectivity index is 2.41. The van der Waals surface area contributed by atoms with Crippen LogP contribution < -0.4 is 5.32 Å². The fraction of sp³-hybridized carbons (Fsp3) is 0.909. The van der Waals surface area contributed by atoms with Gasteiger partial charge in [0.05, 0.1) is 0 Å². The summed E-state index contributed by atoms with van der Waals surface area (Å²) in [6, 6.07) is 0.192. The molecule has 1 amide bonds. The highest BCUT2D eigenvalue weighted by molar-refractivity contribution is 5.84. The minimum Gasteiger partial charge on any atom is -0.381 e. The molecule has 1 aliphatic heterocycles. The lowest BCUT2D eigenvalue weighted by molar-refractivity contribution is -0.137. The third-order valence-corrected chi connectivity index (χ3v) is 2.84. The van der Waals surface area contributed by atoms with Crippen LogP contribution in [0.2, 0.25) is 0 Å². The number of amides is 1. The van der Waals surface area contributed by atoms with Gasteiger partial charge in [0.25, 0.3) is 5.91 Å². The molecule has 1 aliphatic rings. The molecule has 4 heteroatoms. The van der Waals surface area contributed by atoms with Crippen molar-refractivity contribution in [1.29, 1.82) is 0 Å². The Bertz CT molecular complexity index is 223. The largest absolute Gasteiger partial charge is 0.381 e. The van der Waals surface area contributed by atoms with Crippen LogP contribution in [0.25, 0.3) is 0 Å². The average molecular weight is 214 g/mol. The van der Waals surface area contributed by atoms with Crippen LogP contribution in [0.1, 0.15) is 33.6 Å². The average Bonchev–Trinajstić information content (AvgIpc) is 2.16. The molecule has 0 radical (unpaired) electrons. The highest BCUT2D eigenvalue weighted by Crippen LogP contribution is 2.11. The maximum atomic E-state index is 11.5. The number of nitrogens with zero attached hydrogens (tertiary/aromatic N) is 1. The second kappa shape index (κ2) is 4.94. The monoisotopic (exact) mass is 214 g/mol. The summed E-state index contributed by atoms with van der Waals surface area (Å²) in [7, 11) is 0. The van der Waals surface area contributed by atoms with E-state index >= 15 is 0 Å². The molecule has 88 valence electrons. The summed E-state index contributed by atoms with van der Waals surface area (Å²) in [6.07, 6.45) is 2.13. The van der Waals surface area contributed by atoms with Crippen molar-refractivity contribution in [3.05, 3.63) is 0 Å². The van der Waals surface area contributed by atoms with Crippen LogP contribution >= 0.6 is 0 Å². The minimum atomic E-state index is -1.27. The van der Waals surface area contributed by atoms with Crippen molar-refractivity contribution in [1.82, 2.24) is 10.2 Å². The van der Waals surface area contributed by atoms with E-state index in [2.05, 4.69) is 17.1 Å². The normalized spacial score (nSPS) is 23.9. The summed E-state index contributed by atoms with van der Waals surface area (Å²) in [5.41, 5.74) is -1.27. The summed E-state index contributed by atoms with van der Waals surface area (Å²) >= 11 is 0. The zero-order valence-corrected chi connectivity index (χ0v) is 9.92. The summed E-state index contributed by atoms with van der Waals surface area (Å²) in [4.78, 5) is 13.9. The second-order valence-electron chi connectivity index (χ2n) is 4.76. The van der Waals surface area contributed by atoms with Gasteiger partial charge in [-0.3, -0.25) is 4.79 Å². The smallest absolute Gasteiger partial charge is 0.251 e. The van der Waals surface area contributed by atoms with Gasteiger partial charge in [-0.2, -0.15) is 0 Å². The number of hydrogen-bond donors (Lipinski definition) is 2. The first kappa shape index (κ1) is 12.5. The van der Waals surface area contributed by atoms with E-state index in [1.165, 1.54) is 13.8 Å². The quantitative estimate of drug-likeness (QED) is 0.713. The SMILES string of the molecule is CCN1CCCC(NC(=O)C(C)(C)O)C1. The van der Waals surface area contributed by atoms with Crippen LogP contribution in [0, 0.1) is 0 Å². The lowest BCUT2D eigenvalue weighted by atomic mass is 10.0. The molecule has 1 fully saturated rings. The molecule has 1 heterocycles. The van der Waals surface area contributed by atoms with Crippen molar-refractivity contribution in [3.8, 4) is 0 Å². The molecule has 0 spiro atoms. The number of carbonyl (C=O) groups is 1. The Morgan fingerprint density at radius 2 is 2.27 bits per heavy atom.